The first-order valence-electron chi connectivity index (χ1n) is 11.4. The molecule has 2 unspecified atom stereocenters. The maximum Gasteiger partial charge on any atom is 0.329 e. The van der Waals surface area contributed by atoms with E-state index in [1.807, 2.05) is 18.2 Å². The topological polar surface area (TPSA) is 105 Å². The Morgan fingerprint density at radius 2 is 1.85 bits per heavy atom. The van der Waals surface area contributed by atoms with Crippen LogP contribution in [0.4, 0.5) is 0 Å². The van der Waals surface area contributed by atoms with Crippen LogP contribution in [0.15, 0.2) is 30.3 Å². The minimum absolute atomic E-state index is 0.0176. The first kappa shape index (κ1) is 25.0. The Balaban J connectivity index is 2.11. The lowest BCUT2D eigenvalue weighted by Crippen LogP contribution is -2.51. The van der Waals surface area contributed by atoms with E-state index < -0.39 is 23.5 Å². The molecule has 1 amide bonds. The lowest BCUT2D eigenvalue weighted by Gasteiger charge is -2.31. The van der Waals surface area contributed by atoms with Crippen LogP contribution in [0.2, 0.25) is 5.02 Å². The fourth-order valence-electron chi connectivity index (χ4n) is 4.11. The molecule has 1 aliphatic rings. The molecule has 7 nitrogen and oxygen atoms in total. The quantitative estimate of drug-likeness (QED) is 0.503. The number of rotatable bonds is 9. The number of carbonyl (C=O) groups excluding carboxylic acids is 2. The van der Waals surface area contributed by atoms with Gasteiger partial charge in [-0.05, 0) is 45.3 Å². The highest BCUT2D eigenvalue weighted by atomic mass is 35.5. The molecule has 0 spiro atoms. The Labute approximate surface area is 198 Å². The number of nitrogens with one attached hydrogen (secondary N) is 2. The first-order chi connectivity index (χ1) is 15.7. The highest BCUT2D eigenvalue weighted by Crippen LogP contribution is 2.37. The number of piperidine rings is 1. The molecule has 178 valence electrons. The summed E-state index contributed by atoms with van der Waals surface area (Å²) in [6.07, 6.45) is 1.38. The number of Topliss-reactive ketones (excluding diaryl/α,β-unsaturated/α-hetero) is 1. The molecule has 2 aromatic rings. The summed E-state index contributed by atoms with van der Waals surface area (Å²) in [4.78, 5) is 38.0. The molecule has 1 fully saturated rings. The van der Waals surface area contributed by atoms with Crippen molar-refractivity contribution in [1.82, 2.24) is 10.6 Å². The first-order valence-corrected chi connectivity index (χ1v) is 11.8. The van der Waals surface area contributed by atoms with Crippen molar-refractivity contribution in [2.45, 2.75) is 58.1 Å². The minimum Gasteiger partial charge on any atom is -0.481 e. The van der Waals surface area contributed by atoms with Crippen molar-refractivity contribution < 1.29 is 24.2 Å². The molecule has 8 heteroatoms. The standard InChI is InChI=1S/C25H31ClN2O5/c1-4-20(29)21(15-10-12-27-13-11-15)33-22-17-9-7-6-8-16(17)19(26)14-18(22)23(30)28-25(3,5-2)24(31)32/h6-9,14-15,21,27H,4-5,10-13H2,1-3H3,(H,28,30)(H,31,32). The van der Waals surface area contributed by atoms with Gasteiger partial charge < -0.3 is 20.5 Å². The molecule has 2 atom stereocenters. The molecule has 33 heavy (non-hydrogen) atoms. The molecule has 0 aromatic heterocycles. The van der Waals surface area contributed by atoms with Crippen molar-refractivity contribution in [1.29, 1.82) is 0 Å². The number of fused-ring (bicyclic) bond motifs is 1. The normalized spacial score (nSPS) is 17.2. The molecule has 0 bridgehead atoms. The van der Waals surface area contributed by atoms with E-state index in [9.17, 15) is 19.5 Å². The number of carbonyl (C=O) groups is 3. The smallest absolute Gasteiger partial charge is 0.329 e. The maximum atomic E-state index is 13.3. The summed E-state index contributed by atoms with van der Waals surface area (Å²) in [5.74, 6) is -1.51. The number of halogens is 1. The summed E-state index contributed by atoms with van der Waals surface area (Å²) in [7, 11) is 0. The van der Waals surface area contributed by atoms with E-state index in [1.165, 1.54) is 13.0 Å². The van der Waals surface area contributed by atoms with Gasteiger partial charge in [0.05, 0.1) is 5.56 Å². The fraction of sp³-hybridized carbons (Fsp3) is 0.480. The molecule has 1 aliphatic heterocycles. The maximum absolute atomic E-state index is 13.3. The van der Waals surface area contributed by atoms with E-state index in [-0.39, 0.29) is 29.4 Å². The number of benzene rings is 2. The van der Waals surface area contributed by atoms with Gasteiger partial charge in [0, 0.05) is 28.1 Å². The highest BCUT2D eigenvalue weighted by Gasteiger charge is 2.36. The van der Waals surface area contributed by atoms with Crippen LogP contribution in [0.1, 0.15) is 56.8 Å². The van der Waals surface area contributed by atoms with Crippen molar-refractivity contribution in [3.05, 3.63) is 40.9 Å². The van der Waals surface area contributed by atoms with Crippen LogP contribution in [-0.4, -0.2) is 47.5 Å². The van der Waals surface area contributed by atoms with Gasteiger partial charge in [-0.2, -0.15) is 0 Å². The lowest BCUT2D eigenvalue weighted by molar-refractivity contribution is -0.143. The van der Waals surface area contributed by atoms with Crippen LogP contribution >= 0.6 is 11.6 Å². The Kier molecular flexibility index (Phi) is 7.97. The minimum atomic E-state index is -1.46. The third-order valence-corrected chi connectivity index (χ3v) is 6.79. The van der Waals surface area contributed by atoms with Gasteiger partial charge in [-0.3, -0.25) is 9.59 Å². The summed E-state index contributed by atoms with van der Waals surface area (Å²) in [6.45, 7) is 6.53. The number of ether oxygens (including phenoxy) is 1. The van der Waals surface area contributed by atoms with Gasteiger partial charge in [-0.1, -0.05) is 49.7 Å². The monoisotopic (exact) mass is 474 g/mol. The van der Waals surface area contributed by atoms with Crippen molar-refractivity contribution in [3.8, 4) is 5.75 Å². The van der Waals surface area contributed by atoms with Gasteiger partial charge in [0.15, 0.2) is 11.9 Å². The number of amides is 1. The second-order valence-electron chi connectivity index (χ2n) is 8.67. The van der Waals surface area contributed by atoms with Crippen LogP contribution < -0.4 is 15.4 Å². The van der Waals surface area contributed by atoms with Crippen LogP contribution in [0.5, 0.6) is 5.75 Å². The zero-order valence-electron chi connectivity index (χ0n) is 19.2. The number of hydrogen-bond donors (Lipinski definition) is 3. The predicted octanol–water partition coefficient (Wildman–Crippen LogP) is 4.20. The van der Waals surface area contributed by atoms with E-state index in [2.05, 4.69) is 10.6 Å². The van der Waals surface area contributed by atoms with Gasteiger partial charge in [-0.15, -0.1) is 0 Å². The van der Waals surface area contributed by atoms with Gasteiger partial charge in [0.25, 0.3) is 5.91 Å². The lowest BCUT2D eigenvalue weighted by atomic mass is 9.88. The predicted molar refractivity (Wildman–Crippen MR) is 128 cm³/mol. The van der Waals surface area contributed by atoms with E-state index in [4.69, 9.17) is 16.3 Å². The largest absolute Gasteiger partial charge is 0.481 e. The SMILES string of the molecule is CCC(=O)C(Oc1c(C(=O)NC(C)(CC)C(=O)O)cc(Cl)c2ccccc12)C1CCNCC1. The summed E-state index contributed by atoms with van der Waals surface area (Å²) in [6, 6.07) is 8.74. The van der Waals surface area contributed by atoms with Crippen LogP contribution in [-0.2, 0) is 9.59 Å². The van der Waals surface area contributed by atoms with E-state index in [1.54, 1.807) is 19.9 Å². The molecule has 1 heterocycles. The molecule has 0 radical (unpaired) electrons. The van der Waals surface area contributed by atoms with Crippen LogP contribution in [0, 0.1) is 5.92 Å². The number of aliphatic carboxylic acids is 1. The van der Waals surface area contributed by atoms with Crippen molar-refractivity contribution in [2.75, 3.05) is 13.1 Å². The van der Waals surface area contributed by atoms with Crippen molar-refractivity contribution in [3.63, 3.8) is 0 Å². The summed E-state index contributed by atoms with van der Waals surface area (Å²) >= 11 is 6.49. The van der Waals surface area contributed by atoms with E-state index in [0.717, 1.165) is 25.9 Å². The van der Waals surface area contributed by atoms with Crippen molar-refractivity contribution >= 4 is 40.0 Å². The summed E-state index contributed by atoms with van der Waals surface area (Å²) in [5.41, 5.74) is -1.34. The van der Waals surface area contributed by atoms with Gasteiger partial charge in [0.2, 0.25) is 0 Å². The number of ketones is 1. The average Bonchev–Trinajstić information content (AvgIpc) is 2.83. The van der Waals surface area contributed by atoms with Gasteiger partial charge in [-0.25, -0.2) is 4.79 Å². The number of carboxylic acids is 1. The average molecular weight is 475 g/mol. The van der Waals surface area contributed by atoms with Crippen LogP contribution in [0.25, 0.3) is 10.8 Å². The molecular weight excluding hydrogens is 444 g/mol. The molecule has 1 saturated heterocycles. The number of carboxylic acid groups (broad SMARTS) is 1. The molecule has 0 saturated carbocycles. The second-order valence-corrected chi connectivity index (χ2v) is 9.08. The molecule has 3 N–H and O–H groups in total. The number of hydrogen-bond acceptors (Lipinski definition) is 5. The zero-order chi connectivity index (χ0) is 24.2. The third kappa shape index (κ3) is 5.31. The second kappa shape index (κ2) is 10.5. The Morgan fingerprint density at radius 3 is 2.42 bits per heavy atom. The van der Waals surface area contributed by atoms with Crippen molar-refractivity contribution in [2.24, 2.45) is 5.92 Å². The van der Waals surface area contributed by atoms with Gasteiger partial charge >= 0.3 is 5.97 Å². The molecule has 0 aliphatic carbocycles. The Hall–Kier alpha value is -2.64. The highest BCUT2D eigenvalue weighted by molar-refractivity contribution is 6.36. The fourth-order valence-corrected chi connectivity index (χ4v) is 4.39. The molecule has 2 aromatic carbocycles. The third-order valence-electron chi connectivity index (χ3n) is 6.48. The summed E-state index contributed by atoms with van der Waals surface area (Å²) < 4.78 is 6.39. The molecule has 3 rings (SSSR count). The Morgan fingerprint density at radius 1 is 1.21 bits per heavy atom. The van der Waals surface area contributed by atoms with Crippen LogP contribution in [0.3, 0.4) is 0 Å². The zero-order valence-corrected chi connectivity index (χ0v) is 20.0. The Bertz CT molecular complexity index is 1050. The molecular formula is C25H31ClN2O5. The van der Waals surface area contributed by atoms with E-state index in [0.29, 0.717) is 22.2 Å². The van der Waals surface area contributed by atoms with Gasteiger partial charge in [0.1, 0.15) is 11.3 Å². The van der Waals surface area contributed by atoms with E-state index >= 15 is 0 Å². The summed E-state index contributed by atoms with van der Waals surface area (Å²) in [5, 5.41) is 17.2.